The van der Waals surface area contributed by atoms with Crippen LogP contribution in [0, 0.1) is 0 Å². The molecule has 0 rings (SSSR count). The van der Waals surface area contributed by atoms with Gasteiger partial charge in [-0.25, -0.2) is 0 Å². The van der Waals surface area contributed by atoms with Gasteiger partial charge in [-0.05, 0) is 25.7 Å². The Labute approximate surface area is 135 Å². The molecule has 0 amide bonds. The highest BCUT2D eigenvalue weighted by molar-refractivity contribution is 4.81. The van der Waals surface area contributed by atoms with Crippen LogP contribution in [-0.4, -0.2) is 0 Å². The molecule has 0 fully saturated rings. The zero-order valence-electron chi connectivity index (χ0n) is 15.2. The van der Waals surface area contributed by atoms with Gasteiger partial charge in [-0.2, -0.15) is 0 Å². The second kappa shape index (κ2) is 19.7. The Bertz CT molecular complexity index is 192. The number of hydrogen-bond donors (Lipinski definition) is 0. The maximum absolute atomic E-state index is 2.41. The predicted octanol–water partition coefficient (Wildman–Crippen LogP) is 8.21. The molecule has 0 aliphatic heterocycles. The van der Waals surface area contributed by atoms with E-state index in [4.69, 9.17) is 0 Å². The second-order valence-corrected chi connectivity index (χ2v) is 6.64. The minimum Gasteiger partial charge on any atom is -0.0885 e. The molecule has 0 aliphatic carbocycles. The minimum atomic E-state index is 1.30. The van der Waals surface area contributed by atoms with Crippen LogP contribution < -0.4 is 0 Å². The van der Waals surface area contributed by atoms with Crippen molar-refractivity contribution in [3.8, 4) is 0 Å². The summed E-state index contributed by atoms with van der Waals surface area (Å²) in [5.74, 6) is 0. The average molecular weight is 295 g/mol. The summed E-state index contributed by atoms with van der Waals surface area (Å²) in [5.41, 5.74) is 0. The van der Waals surface area contributed by atoms with Crippen molar-refractivity contribution in [1.82, 2.24) is 0 Å². The van der Waals surface area contributed by atoms with E-state index in [9.17, 15) is 0 Å². The highest BCUT2D eigenvalue weighted by Gasteiger charge is 1.92. The van der Waals surface area contributed by atoms with E-state index >= 15 is 0 Å². The first kappa shape index (κ1) is 20.7. The number of rotatable bonds is 17. The zero-order valence-corrected chi connectivity index (χ0v) is 15.2. The van der Waals surface area contributed by atoms with Gasteiger partial charge >= 0.3 is 0 Å². The van der Waals surface area contributed by atoms with Crippen molar-refractivity contribution in [3.63, 3.8) is 0 Å². The molecule has 0 bridgehead atoms. The minimum absolute atomic E-state index is 1.30. The van der Waals surface area contributed by atoms with Gasteiger partial charge in [-0.1, -0.05) is 109 Å². The molecule has 0 heteroatoms. The molecule has 0 saturated heterocycles. The fraction of sp³-hybridized carbons (Fsp3) is 0.905. The van der Waals surface area contributed by atoms with E-state index in [1.165, 1.54) is 109 Å². The van der Waals surface area contributed by atoms with Crippen LogP contribution in [-0.2, 0) is 0 Å². The molecule has 21 heavy (non-hydrogen) atoms. The Hall–Kier alpha value is -0.260. The lowest BCUT2D eigenvalue weighted by Crippen LogP contribution is -1.82. The molecule has 0 aromatic rings. The first-order valence-electron chi connectivity index (χ1n) is 10.1. The van der Waals surface area contributed by atoms with Crippen molar-refractivity contribution < 1.29 is 0 Å². The van der Waals surface area contributed by atoms with Gasteiger partial charge in [-0.3, -0.25) is 0 Å². The SMILES string of the molecule is CCCCCC=CCCCCCCCCCCCCCC. The summed E-state index contributed by atoms with van der Waals surface area (Å²) >= 11 is 0. The van der Waals surface area contributed by atoms with Gasteiger partial charge in [0.05, 0.1) is 0 Å². The summed E-state index contributed by atoms with van der Waals surface area (Å²) in [6, 6.07) is 0. The van der Waals surface area contributed by atoms with Gasteiger partial charge in [0, 0.05) is 0 Å². The van der Waals surface area contributed by atoms with Gasteiger partial charge in [-0.15, -0.1) is 0 Å². The Balaban J connectivity index is 2.99. The van der Waals surface area contributed by atoms with Crippen LogP contribution in [0.1, 0.15) is 123 Å². The lowest BCUT2D eigenvalue weighted by molar-refractivity contribution is 0.545. The third-order valence-electron chi connectivity index (χ3n) is 4.37. The maximum Gasteiger partial charge on any atom is -0.0351 e. The first-order valence-corrected chi connectivity index (χ1v) is 10.1. The van der Waals surface area contributed by atoms with Gasteiger partial charge < -0.3 is 0 Å². The van der Waals surface area contributed by atoms with Crippen LogP contribution in [0.5, 0.6) is 0 Å². The molecule has 0 radical (unpaired) electrons. The first-order chi connectivity index (χ1) is 10.4. The fourth-order valence-corrected chi connectivity index (χ4v) is 2.85. The summed E-state index contributed by atoms with van der Waals surface area (Å²) in [7, 11) is 0. The van der Waals surface area contributed by atoms with Crippen molar-refractivity contribution in [2.75, 3.05) is 0 Å². The summed E-state index contributed by atoms with van der Waals surface area (Å²) in [5, 5.41) is 0. The molecule has 0 saturated carbocycles. The molecule has 0 aliphatic rings. The fourth-order valence-electron chi connectivity index (χ4n) is 2.85. The van der Waals surface area contributed by atoms with Crippen LogP contribution in [0.15, 0.2) is 12.2 Å². The van der Waals surface area contributed by atoms with E-state index in [0.717, 1.165) is 0 Å². The molecular weight excluding hydrogens is 252 g/mol. The zero-order chi connectivity index (χ0) is 15.4. The number of allylic oxidation sites excluding steroid dienone is 2. The van der Waals surface area contributed by atoms with Crippen LogP contribution in [0.25, 0.3) is 0 Å². The van der Waals surface area contributed by atoms with E-state index in [1.54, 1.807) is 0 Å². The third kappa shape index (κ3) is 19.7. The monoisotopic (exact) mass is 294 g/mol. The van der Waals surface area contributed by atoms with Gasteiger partial charge in [0.1, 0.15) is 0 Å². The largest absolute Gasteiger partial charge is 0.0885 e. The Morgan fingerprint density at radius 2 is 0.667 bits per heavy atom. The van der Waals surface area contributed by atoms with Gasteiger partial charge in [0.25, 0.3) is 0 Å². The molecule has 0 unspecified atom stereocenters. The van der Waals surface area contributed by atoms with E-state index < -0.39 is 0 Å². The lowest BCUT2D eigenvalue weighted by atomic mass is 10.0. The Kier molecular flexibility index (Phi) is 19.5. The smallest absolute Gasteiger partial charge is 0.0351 e. The highest BCUT2D eigenvalue weighted by atomic mass is 14.0. The molecule has 0 N–H and O–H groups in total. The highest BCUT2D eigenvalue weighted by Crippen LogP contribution is 2.12. The Morgan fingerprint density at radius 3 is 1.10 bits per heavy atom. The lowest BCUT2D eigenvalue weighted by Gasteiger charge is -2.02. The summed E-state index contributed by atoms with van der Waals surface area (Å²) in [6.45, 7) is 4.57. The average Bonchev–Trinajstić information content (AvgIpc) is 2.50. The van der Waals surface area contributed by atoms with Crippen LogP contribution in [0.2, 0.25) is 0 Å². The third-order valence-corrected chi connectivity index (χ3v) is 4.37. The maximum atomic E-state index is 2.41. The quantitative estimate of drug-likeness (QED) is 0.187. The summed E-state index contributed by atoms with van der Waals surface area (Å²) in [4.78, 5) is 0. The molecule has 0 spiro atoms. The molecule has 0 heterocycles. The predicted molar refractivity (Wildman–Crippen MR) is 99.0 cm³/mol. The molecule has 0 atom stereocenters. The van der Waals surface area contributed by atoms with E-state index in [1.807, 2.05) is 0 Å². The van der Waals surface area contributed by atoms with Gasteiger partial charge in [0.15, 0.2) is 0 Å². The summed E-state index contributed by atoms with van der Waals surface area (Å²) in [6.07, 6.45) is 28.9. The van der Waals surface area contributed by atoms with Crippen molar-refractivity contribution in [1.29, 1.82) is 0 Å². The molecule has 0 aromatic carbocycles. The normalized spacial score (nSPS) is 11.5. The van der Waals surface area contributed by atoms with Crippen molar-refractivity contribution in [3.05, 3.63) is 12.2 Å². The summed E-state index contributed by atoms with van der Waals surface area (Å²) < 4.78 is 0. The van der Waals surface area contributed by atoms with E-state index in [2.05, 4.69) is 26.0 Å². The van der Waals surface area contributed by atoms with Crippen molar-refractivity contribution >= 4 is 0 Å². The topological polar surface area (TPSA) is 0 Å². The van der Waals surface area contributed by atoms with Crippen molar-refractivity contribution in [2.45, 2.75) is 123 Å². The van der Waals surface area contributed by atoms with Gasteiger partial charge in [0.2, 0.25) is 0 Å². The Morgan fingerprint density at radius 1 is 0.381 bits per heavy atom. The second-order valence-electron chi connectivity index (χ2n) is 6.64. The van der Waals surface area contributed by atoms with Crippen molar-refractivity contribution in [2.24, 2.45) is 0 Å². The van der Waals surface area contributed by atoms with E-state index in [0.29, 0.717) is 0 Å². The van der Waals surface area contributed by atoms with Crippen LogP contribution in [0.3, 0.4) is 0 Å². The standard InChI is InChI=1S/C21H42/c1-3-5-7-9-11-13-15-17-19-21-20-18-16-14-12-10-8-6-4-2/h11,13H,3-10,12,14-21H2,1-2H3. The van der Waals surface area contributed by atoms with Crippen LogP contribution >= 0.6 is 0 Å². The molecule has 0 aromatic heterocycles. The number of unbranched alkanes of at least 4 members (excludes halogenated alkanes) is 15. The van der Waals surface area contributed by atoms with E-state index in [-0.39, 0.29) is 0 Å². The van der Waals surface area contributed by atoms with Crippen LogP contribution in [0.4, 0.5) is 0 Å². The molecule has 0 nitrogen and oxygen atoms in total. The molecule has 126 valence electrons. The molecular formula is C21H42. The number of hydrogen-bond acceptors (Lipinski definition) is 0.